The van der Waals surface area contributed by atoms with Crippen molar-refractivity contribution in [2.24, 2.45) is 5.92 Å². The summed E-state index contributed by atoms with van der Waals surface area (Å²) in [5.41, 5.74) is 0. The van der Waals surface area contributed by atoms with Gasteiger partial charge in [-0.15, -0.1) is 0 Å². The fourth-order valence-corrected chi connectivity index (χ4v) is 2.41. The summed E-state index contributed by atoms with van der Waals surface area (Å²) < 4.78 is 0. The minimum Gasteiger partial charge on any atom is -0.310 e. The Morgan fingerprint density at radius 3 is 2.76 bits per heavy atom. The molecular weight excluding hydrogens is 212 g/mol. The Morgan fingerprint density at radius 1 is 1.29 bits per heavy atom. The fourth-order valence-electron chi connectivity index (χ4n) is 2.41. The lowest BCUT2D eigenvalue weighted by molar-refractivity contribution is 0.429. The molecule has 1 aliphatic rings. The normalized spacial score (nSPS) is 17.8. The molecule has 0 saturated heterocycles. The molecule has 0 spiro atoms. The van der Waals surface area contributed by atoms with Crippen LogP contribution in [0.5, 0.6) is 0 Å². The van der Waals surface area contributed by atoms with E-state index in [9.17, 15) is 0 Å². The van der Waals surface area contributed by atoms with E-state index in [0.717, 1.165) is 24.7 Å². The molecule has 1 aromatic rings. The highest BCUT2D eigenvalue weighted by Gasteiger charge is 2.19. The van der Waals surface area contributed by atoms with Gasteiger partial charge in [-0.3, -0.25) is 5.10 Å². The highest BCUT2D eigenvalue weighted by Crippen LogP contribution is 2.30. The van der Waals surface area contributed by atoms with E-state index >= 15 is 0 Å². The van der Waals surface area contributed by atoms with Crippen LogP contribution in [0.2, 0.25) is 0 Å². The molecular formula is C13H24N4. The second-order valence-corrected chi connectivity index (χ2v) is 5.50. The lowest BCUT2D eigenvalue weighted by Gasteiger charge is -2.18. The van der Waals surface area contributed by atoms with E-state index in [2.05, 4.69) is 34.3 Å². The van der Waals surface area contributed by atoms with Gasteiger partial charge in [0.2, 0.25) is 0 Å². The molecule has 1 aliphatic carbocycles. The van der Waals surface area contributed by atoms with Crippen LogP contribution in [0.1, 0.15) is 63.5 Å². The monoisotopic (exact) mass is 236 g/mol. The Hall–Kier alpha value is -0.900. The molecule has 1 aromatic heterocycles. The number of hydrogen-bond donors (Lipinski definition) is 2. The van der Waals surface area contributed by atoms with E-state index < -0.39 is 0 Å². The summed E-state index contributed by atoms with van der Waals surface area (Å²) in [7, 11) is 0. The standard InChI is InChI=1S/C13H24N4/c1-10(2)8-14-9-12-15-13(17-16-12)11-6-4-3-5-7-11/h10-11,14H,3-9H2,1-2H3,(H,15,16,17). The number of nitrogens with zero attached hydrogens (tertiary/aromatic N) is 2. The van der Waals surface area contributed by atoms with Gasteiger partial charge in [0.1, 0.15) is 5.82 Å². The van der Waals surface area contributed by atoms with E-state index in [1.807, 2.05) is 0 Å². The third-order valence-electron chi connectivity index (χ3n) is 3.36. The number of hydrogen-bond acceptors (Lipinski definition) is 3. The van der Waals surface area contributed by atoms with Gasteiger partial charge in [-0.25, -0.2) is 4.98 Å². The van der Waals surface area contributed by atoms with Gasteiger partial charge in [-0.1, -0.05) is 33.1 Å². The smallest absolute Gasteiger partial charge is 0.153 e. The zero-order chi connectivity index (χ0) is 12.1. The number of H-pyrrole nitrogens is 1. The maximum atomic E-state index is 4.60. The van der Waals surface area contributed by atoms with Crippen LogP contribution < -0.4 is 5.32 Å². The third-order valence-corrected chi connectivity index (χ3v) is 3.36. The number of nitrogens with one attached hydrogen (secondary N) is 2. The van der Waals surface area contributed by atoms with Crippen LogP contribution in [0.3, 0.4) is 0 Å². The van der Waals surface area contributed by atoms with Gasteiger partial charge in [0.05, 0.1) is 6.54 Å². The molecule has 17 heavy (non-hydrogen) atoms. The van der Waals surface area contributed by atoms with Crippen molar-refractivity contribution in [1.82, 2.24) is 20.5 Å². The Kier molecular flexibility index (Phi) is 4.54. The maximum absolute atomic E-state index is 4.60. The van der Waals surface area contributed by atoms with Crippen molar-refractivity contribution < 1.29 is 0 Å². The van der Waals surface area contributed by atoms with Crippen molar-refractivity contribution in [2.45, 2.75) is 58.4 Å². The SMILES string of the molecule is CC(C)CNCc1nc(C2CCCCC2)n[nH]1. The van der Waals surface area contributed by atoms with Crippen molar-refractivity contribution in [3.8, 4) is 0 Å². The molecule has 0 aliphatic heterocycles. The number of aromatic nitrogens is 3. The molecule has 4 nitrogen and oxygen atoms in total. The molecule has 0 unspecified atom stereocenters. The van der Waals surface area contributed by atoms with E-state index in [1.54, 1.807) is 0 Å². The van der Waals surface area contributed by atoms with Gasteiger partial charge < -0.3 is 5.32 Å². The molecule has 4 heteroatoms. The summed E-state index contributed by atoms with van der Waals surface area (Å²) in [5.74, 6) is 3.28. The van der Waals surface area contributed by atoms with Crippen LogP contribution >= 0.6 is 0 Å². The van der Waals surface area contributed by atoms with Gasteiger partial charge in [0, 0.05) is 5.92 Å². The van der Waals surface area contributed by atoms with Crippen molar-refractivity contribution in [3.05, 3.63) is 11.6 Å². The summed E-state index contributed by atoms with van der Waals surface area (Å²) >= 11 is 0. The van der Waals surface area contributed by atoms with Crippen LogP contribution in [0.4, 0.5) is 0 Å². The van der Waals surface area contributed by atoms with E-state index in [-0.39, 0.29) is 0 Å². The first-order valence-corrected chi connectivity index (χ1v) is 6.87. The predicted octanol–water partition coefficient (Wildman–Crippen LogP) is 2.60. The molecule has 1 saturated carbocycles. The molecule has 0 amide bonds. The largest absolute Gasteiger partial charge is 0.310 e. The second kappa shape index (κ2) is 6.15. The Balaban J connectivity index is 1.82. The predicted molar refractivity (Wildman–Crippen MR) is 68.8 cm³/mol. The summed E-state index contributed by atoms with van der Waals surface area (Å²) in [6.07, 6.45) is 6.57. The van der Waals surface area contributed by atoms with Crippen LogP contribution in [0.15, 0.2) is 0 Å². The zero-order valence-corrected chi connectivity index (χ0v) is 11.0. The highest BCUT2D eigenvalue weighted by atomic mass is 15.2. The van der Waals surface area contributed by atoms with Crippen LogP contribution in [0.25, 0.3) is 0 Å². The summed E-state index contributed by atoms with van der Waals surface area (Å²) in [6.45, 7) is 6.25. The third kappa shape index (κ3) is 3.80. The van der Waals surface area contributed by atoms with Crippen LogP contribution in [0, 0.1) is 5.92 Å². The van der Waals surface area contributed by atoms with Crippen LogP contribution in [-0.2, 0) is 6.54 Å². The first-order chi connectivity index (χ1) is 8.25. The van der Waals surface area contributed by atoms with Gasteiger partial charge >= 0.3 is 0 Å². The molecule has 0 aromatic carbocycles. The zero-order valence-electron chi connectivity index (χ0n) is 11.0. The Morgan fingerprint density at radius 2 is 2.06 bits per heavy atom. The first-order valence-electron chi connectivity index (χ1n) is 6.87. The molecule has 1 fully saturated rings. The average molecular weight is 236 g/mol. The molecule has 96 valence electrons. The molecule has 1 heterocycles. The van der Waals surface area contributed by atoms with E-state index in [4.69, 9.17) is 0 Å². The minimum absolute atomic E-state index is 0.596. The fraction of sp³-hybridized carbons (Fsp3) is 0.846. The van der Waals surface area contributed by atoms with E-state index in [1.165, 1.54) is 32.1 Å². The van der Waals surface area contributed by atoms with Gasteiger partial charge in [0.25, 0.3) is 0 Å². The van der Waals surface area contributed by atoms with Crippen molar-refractivity contribution in [2.75, 3.05) is 6.54 Å². The minimum atomic E-state index is 0.596. The topological polar surface area (TPSA) is 53.6 Å². The lowest BCUT2D eigenvalue weighted by atomic mass is 9.89. The van der Waals surface area contributed by atoms with Crippen molar-refractivity contribution in [1.29, 1.82) is 0 Å². The van der Waals surface area contributed by atoms with Crippen molar-refractivity contribution in [3.63, 3.8) is 0 Å². The average Bonchev–Trinajstić information content (AvgIpc) is 2.78. The molecule has 2 rings (SSSR count). The summed E-state index contributed by atoms with van der Waals surface area (Å²) in [6, 6.07) is 0. The number of aromatic amines is 1. The summed E-state index contributed by atoms with van der Waals surface area (Å²) in [4.78, 5) is 4.60. The molecule has 0 atom stereocenters. The molecule has 0 radical (unpaired) electrons. The van der Waals surface area contributed by atoms with Crippen LogP contribution in [-0.4, -0.2) is 21.7 Å². The first kappa shape index (κ1) is 12.6. The highest BCUT2D eigenvalue weighted by molar-refractivity contribution is 4.99. The van der Waals surface area contributed by atoms with Gasteiger partial charge in [-0.05, 0) is 25.3 Å². The Labute approximate surface area is 104 Å². The molecule has 0 bridgehead atoms. The second-order valence-electron chi connectivity index (χ2n) is 5.50. The van der Waals surface area contributed by atoms with Crippen molar-refractivity contribution >= 4 is 0 Å². The maximum Gasteiger partial charge on any atom is 0.153 e. The van der Waals surface area contributed by atoms with E-state index in [0.29, 0.717) is 11.8 Å². The van der Waals surface area contributed by atoms with Gasteiger partial charge in [-0.2, -0.15) is 5.10 Å². The van der Waals surface area contributed by atoms with Gasteiger partial charge in [0.15, 0.2) is 5.82 Å². The summed E-state index contributed by atoms with van der Waals surface area (Å²) in [5, 5.41) is 10.8. The number of rotatable bonds is 5. The quantitative estimate of drug-likeness (QED) is 0.826. The molecule has 2 N–H and O–H groups in total. The lowest BCUT2D eigenvalue weighted by Crippen LogP contribution is -2.19. The Bertz CT molecular complexity index is 326.